The van der Waals surface area contributed by atoms with Crippen LogP contribution in [0.25, 0.3) is 5.95 Å². The Labute approximate surface area is 125 Å². The Balaban J connectivity index is 1.88. The van der Waals surface area contributed by atoms with Gasteiger partial charge in [0, 0.05) is 12.4 Å². The molecule has 0 aliphatic carbocycles. The Morgan fingerprint density at radius 3 is 2.48 bits per heavy atom. The van der Waals surface area contributed by atoms with E-state index in [-0.39, 0.29) is 11.3 Å². The molecule has 0 saturated heterocycles. The van der Waals surface area contributed by atoms with E-state index < -0.39 is 0 Å². The van der Waals surface area contributed by atoms with Gasteiger partial charge in [0.15, 0.2) is 0 Å². The van der Waals surface area contributed by atoms with Crippen LogP contribution >= 0.6 is 11.6 Å². The molecule has 0 radical (unpaired) electrons. The van der Waals surface area contributed by atoms with Crippen molar-refractivity contribution in [3.05, 3.63) is 48.3 Å². The van der Waals surface area contributed by atoms with Crippen LogP contribution in [0.5, 0.6) is 17.5 Å². The molecule has 21 heavy (non-hydrogen) atoms. The predicted molar refractivity (Wildman–Crippen MR) is 75.0 cm³/mol. The van der Waals surface area contributed by atoms with Gasteiger partial charge in [-0.3, -0.25) is 4.57 Å². The molecule has 0 atom stereocenters. The van der Waals surface area contributed by atoms with Gasteiger partial charge >= 0.3 is 6.01 Å². The van der Waals surface area contributed by atoms with Crippen molar-refractivity contribution >= 4 is 11.6 Å². The fraction of sp³-hybridized carbons (Fsp3) is 0.0769. The first kappa shape index (κ1) is 13.3. The second-order valence-corrected chi connectivity index (χ2v) is 4.27. The van der Waals surface area contributed by atoms with Gasteiger partial charge in [-0.05, 0) is 35.9 Å². The monoisotopic (exact) mass is 303 g/mol. The SMILES string of the molecule is COc1ccc(Oc2nc(Cl)nc(-n3ccnc3)n2)cc1. The number of halogens is 1. The van der Waals surface area contributed by atoms with E-state index in [1.54, 1.807) is 54.7 Å². The third-order valence-corrected chi connectivity index (χ3v) is 2.75. The number of hydrogen-bond donors (Lipinski definition) is 0. The Morgan fingerprint density at radius 1 is 1.05 bits per heavy atom. The van der Waals surface area contributed by atoms with Gasteiger partial charge < -0.3 is 9.47 Å². The predicted octanol–water partition coefficient (Wildman–Crippen LogP) is 2.51. The summed E-state index contributed by atoms with van der Waals surface area (Å²) in [5.74, 6) is 1.63. The molecule has 0 fully saturated rings. The van der Waals surface area contributed by atoms with Crippen LogP contribution in [0.3, 0.4) is 0 Å². The van der Waals surface area contributed by atoms with E-state index in [9.17, 15) is 0 Å². The van der Waals surface area contributed by atoms with Crippen molar-refractivity contribution in [2.75, 3.05) is 7.11 Å². The minimum absolute atomic E-state index is 0.0391. The number of hydrogen-bond acceptors (Lipinski definition) is 6. The van der Waals surface area contributed by atoms with E-state index in [1.807, 2.05) is 0 Å². The molecular formula is C13H10ClN5O2. The molecule has 1 aromatic carbocycles. The fourth-order valence-electron chi connectivity index (χ4n) is 1.61. The van der Waals surface area contributed by atoms with E-state index in [0.29, 0.717) is 11.7 Å². The maximum atomic E-state index is 5.88. The topological polar surface area (TPSA) is 75.0 Å². The molecule has 0 saturated carbocycles. The first-order valence-electron chi connectivity index (χ1n) is 5.96. The molecule has 7 nitrogen and oxygen atoms in total. The summed E-state index contributed by atoms with van der Waals surface area (Å²) in [6.45, 7) is 0. The lowest BCUT2D eigenvalue weighted by atomic mass is 10.3. The van der Waals surface area contributed by atoms with E-state index in [0.717, 1.165) is 5.75 Å². The molecular weight excluding hydrogens is 294 g/mol. The first-order chi connectivity index (χ1) is 10.2. The standard InChI is InChI=1S/C13H10ClN5O2/c1-20-9-2-4-10(5-3-9)21-13-17-11(14)16-12(18-13)19-7-6-15-8-19/h2-8H,1H3. The van der Waals surface area contributed by atoms with Crippen LogP contribution < -0.4 is 9.47 Å². The number of aromatic nitrogens is 5. The van der Waals surface area contributed by atoms with Gasteiger partial charge in [0.05, 0.1) is 7.11 Å². The van der Waals surface area contributed by atoms with Crippen molar-refractivity contribution in [3.8, 4) is 23.5 Å². The molecule has 2 aromatic heterocycles. The lowest BCUT2D eigenvalue weighted by molar-refractivity contribution is 0.410. The number of methoxy groups -OCH3 is 1. The average Bonchev–Trinajstić information content (AvgIpc) is 3.02. The molecule has 0 amide bonds. The summed E-state index contributed by atoms with van der Waals surface area (Å²) < 4.78 is 12.2. The second kappa shape index (κ2) is 5.76. The highest BCUT2D eigenvalue weighted by Gasteiger charge is 2.08. The van der Waals surface area contributed by atoms with Gasteiger partial charge in [-0.25, -0.2) is 4.98 Å². The van der Waals surface area contributed by atoms with Crippen molar-refractivity contribution < 1.29 is 9.47 Å². The lowest BCUT2D eigenvalue weighted by Gasteiger charge is -2.06. The normalized spacial score (nSPS) is 10.4. The van der Waals surface area contributed by atoms with Crippen molar-refractivity contribution in [1.82, 2.24) is 24.5 Å². The van der Waals surface area contributed by atoms with Gasteiger partial charge in [-0.15, -0.1) is 0 Å². The van der Waals surface area contributed by atoms with Crippen LogP contribution in [-0.2, 0) is 0 Å². The maximum Gasteiger partial charge on any atom is 0.328 e. The van der Waals surface area contributed by atoms with Gasteiger partial charge in [0.2, 0.25) is 11.2 Å². The Hall–Kier alpha value is -2.67. The van der Waals surface area contributed by atoms with Crippen molar-refractivity contribution in [2.24, 2.45) is 0 Å². The summed E-state index contributed by atoms with van der Waals surface area (Å²) >= 11 is 5.88. The Morgan fingerprint density at radius 2 is 1.81 bits per heavy atom. The molecule has 2 heterocycles. The molecule has 3 rings (SSSR count). The summed E-state index contributed by atoms with van der Waals surface area (Å²) in [4.78, 5) is 16.1. The molecule has 8 heteroatoms. The van der Waals surface area contributed by atoms with Gasteiger partial charge in [0.25, 0.3) is 0 Å². The maximum absolute atomic E-state index is 5.88. The highest BCUT2D eigenvalue weighted by Crippen LogP contribution is 2.22. The molecule has 106 valence electrons. The third kappa shape index (κ3) is 3.09. The van der Waals surface area contributed by atoms with E-state index >= 15 is 0 Å². The smallest absolute Gasteiger partial charge is 0.328 e. The Bertz CT molecular complexity index is 731. The molecule has 0 N–H and O–H groups in total. The molecule has 0 spiro atoms. The number of benzene rings is 1. The van der Waals surface area contributed by atoms with Crippen LogP contribution in [0.2, 0.25) is 5.28 Å². The van der Waals surface area contributed by atoms with Gasteiger partial charge in [-0.2, -0.15) is 15.0 Å². The van der Waals surface area contributed by atoms with Crippen molar-refractivity contribution in [1.29, 1.82) is 0 Å². The van der Waals surface area contributed by atoms with Crippen LogP contribution in [0.1, 0.15) is 0 Å². The quantitative estimate of drug-likeness (QED) is 0.737. The minimum atomic E-state index is 0.0391. The summed E-state index contributed by atoms with van der Waals surface area (Å²) in [5, 5.41) is 0.0391. The highest BCUT2D eigenvalue weighted by atomic mass is 35.5. The highest BCUT2D eigenvalue weighted by molar-refractivity contribution is 6.28. The molecule has 0 aliphatic rings. The number of ether oxygens (including phenoxy) is 2. The zero-order valence-corrected chi connectivity index (χ0v) is 11.7. The minimum Gasteiger partial charge on any atom is -0.497 e. The largest absolute Gasteiger partial charge is 0.497 e. The fourth-order valence-corrected chi connectivity index (χ4v) is 1.76. The first-order valence-corrected chi connectivity index (χ1v) is 6.34. The van der Waals surface area contributed by atoms with Crippen LogP contribution in [0, 0.1) is 0 Å². The van der Waals surface area contributed by atoms with E-state index in [1.165, 1.54) is 0 Å². The van der Waals surface area contributed by atoms with Crippen molar-refractivity contribution in [3.63, 3.8) is 0 Å². The molecule has 0 aliphatic heterocycles. The van der Waals surface area contributed by atoms with Crippen LogP contribution in [0.4, 0.5) is 0 Å². The molecule has 0 unspecified atom stereocenters. The Kier molecular flexibility index (Phi) is 3.65. The summed E-state index contributed by atoms with van der Waals surface area (Å²) in [6, 6.07) is 7.13. The zero-order valence-electron chi connectivity index (χ0n) is 11.0. The second-order valence-electron chi connectivity index (χ2n) is 3.93. The summed E-state index contributed by atoms with van der Waals surface area (Å²) in [7, 11) is 1.60. The lowest BCUT2D eigenvalue weighted by Crippen LogP contribution is -2.03. The number of imidazole rings is 1. The van der Waals surface area contributed by atoms with E-state index in [2.05, 4.69) is 19.9 Å². The molecule has 0 bridgehead atoms. The zero-order chi connectivity index (χ0) is 14.7. The van der Waals surface area contributed by atoms with E-state index in [4.69, 9.17) is 21.1 Å². The third-order valence-electron chi connectivity index (χ3n) is 2.58. The molecule has 3 aromatic rings. The van der Waals surface area contributed by atoms with Crippen molar-refractivity contribution in [2.45, 2.75) is 0 Å². The van der Waals surface area contributed by atoms with Gasteiger partial charge in [0.1, 0.15) is 17.8 Å². The van der Waals surface area contributed by atoms with Crippen LogP contribution in [0.15, 0.2) is 43.0 Å². The number of nitrogens with zero attached hydrogens (tertiary/aromatic N) is 5. The average molecular weight is 304 g/mol. The van der Waals surface area contributed by atoms with Gasteiger partial charge in [-0.1, -0.05) is 0 Å². The summed E-state index contributed by atoms with van der Waals surface area (Å²) in [5.41, 5.74) is 0. The summed E-state index contributed by atoms with van der Waals surface area (Å²) in [6.07, 6.45) is 4.87. The van der Waals surface area contributed by atoms with Crippen LogP contribution in [-0.4, -0.2) is 31.6 Å². The number of rotatable bonds is 4.